The van der Waals surface area contributed by atoms with Crippen molar-refractivity contribution in [2.45, 2.75) is 23.3 Å². The summed E-state index contributed by atoms with van der Waals surface area (Å²) >= 11 is 0. The van der Waals surface area contributed by atoms with Gasteiger partial charge in [0.05, 0.1) is 29.3 Å². The van der Waals surface area contributed by atoms with Crippen molar-refractivity contribution < 1.29 is 39.9 Å². The smallest absolute Gasteiger partial charge is 0.418 e. The number of carbonyl (C=O) groups excluding carboxylic acids is 1. The maximum absolute atomic E-state index is 14.9. The lowest BCUT2D eigenvalue weighted by Crippen LogP contribution is -2.42. The Bertz CT molecular complexity index is 1760. The van der Waals surface area contributed by atoms with Crippen LogP contribution in [0.3, 0.4) is 0 Å². The molecule has 0 aliphatic carbocycles. The van der Waals surface area contributed by atoms with Gasteiger partial charge in [0.2, 0.25) is 15.9 Å². The highest BCUT2D eigenvalue weighted by molar-refractivity contribution is 7.89. The minimum Gasteiger partial charge on any atom is -0.480 e. The molecule has 1 amide bonds. The molecule has 1 aromatic carbocycles. The Kier molecular flexibility index (Phi) is 7.02. The number of benzene rings is 1. The van der Waals surface area contributed by atoms with Crippen LogP contribution < -0.4 is 15.8 Å². The van der Waals surface area contributed by atoms with E-state index < -0.39 is 70.1 Å². The molecule has 0 radical (unpaired) electrons. The number of carbonyl (C=O) groups is 1. The molecule has 0 bridgehead atoms. The van der Waals surface area contributed by atoms with Gasteiger partial charge in [0.1, 0.15) is 29.4 Å². The van der Waals surface area contributed by atoms with Crippen LogP contribution in [0.15, 0.2) is 53.8 Å². The molecule has 3 N–H and O–H groups in total. The molecule has 41 heavy (non-hydrogen) atoms. The van der Waals surface area contributed by atoms with Crippen molar-refractivity contribution in [1.29, 1.82) is 0 Å². The summed E-state index contributed by atoms with van der Waals surface area (Å²) in [5.74, 6) is -2.38. The first-order valence-corrected chi connectivity index (χ1v) is 13.2. The number of fused-ring (bicyclic) bond motifs is 1. The van der Waals surface area contributed by atoms with Gasteiger partial charge in [-0.3, -0.25) is 4.79 Å². The van der Waals surface area contributed by atoms with Crippen LogP contribution in [0.5, 0.6) is 5.88 Å². The van der Waals surface area contributed by atoms with Crippen LogP contribution in [0.25, 0.3) is 16.8 Å². The van der Waals surface area contributed by atoms with Crippen LogP contribution in [0, 0.1) is 5.82 Å². The van der Waals surface area contributed by atoms with Gasteiger partial charge in [0, 0.05) is 24.8 Å². The SMILES string of the molecule is COc1ncc(-c2cc(C(F)(F)F)c3c(N)ncnn23)cc1C(=O)N[C@@H]1CN(S(=O)(=O)c2cccc(F)c2)C[C@@H]1F. The molecule has 216 valence electrons. The standard InChI is InChI=1S/C24H20F5N7O4S/c1-40-23-15(5-12(8-31-23)19-7-16(24(27,28)29)20-21(30)32-11-33-36(19)20)22(37)34-18-10-35(9-17(18)26)41(38,39)14-4-2-3-13(25)6-14/h2-8,11,17-18H,9-10H2,1H3,(H,34,37)(H2,30,32,33)/t17-,18+/m0/s1. The van der Waals surface area contributed by atoms with Gasteiger partial charge in [-0.1, -0.05) is 6.07 Å². The Hall–Kier alpha value is -4.38. The lowest BCUT2D eigenvalue weighted by Gasteiger charge is -2.17. The van der Waals surface area contributed by atoms with Crippen molar-refractivity contribution in [3.63, 3.8) is 0 Å². The number of aromatic nitrogens is 4. The van der Waals surface area contributed by atoms with E-state index in [1.165, 1.54) is 19.2 Å². The number of amides is 1. The molecule has 4 heterocycles. The summed E-state index contributed by atoms with van der Waals surface area (Å²) < 4.78 is 102. The molecule has 4 aromatic rings. The van der Waals surface area contributed by atoms with E-state index in [1.807, 2.05) is 0 Å². The second kappa shape index (κ2) is 10.2. The lowest BCUT2D eigenvalue weighted by atomic mass is 10.1. The number of nitrogens with zero attached hydrogens (tertiary/aromatic N) is 5. The summed E-state index contributed by atoms with van der Waals surface area (Å²) in [7, 11) is -3.07. The lowest BCUT2D eigenvalue weighted by molar-refractivity contribution is -0.136. The van der Waals surface area contributed by atoms with Crippen molar-refractivity contribution in [1.82, 2.24) is 29.2 Å². The van der Waals surface area contributed by atoms with E-state index in [-0.39, 0.29) is 27.6 Å². The number of alkyl halides is 4. The number of rotatable bonds is 6. The topological polar surface area (TPSA) is 145 Å². The van der Waals surface area contributed by atoms with Gasteiger partial charge in [-0.05, 0) is 30.3 Å². The third kappa shape index (κ3) is 5.13. The first-order valence-electron chi connectivity index (χ1n) is 11.8. The third-order valence-corrected chi connectivity index (χ3v) is 8.27. The molecule has 2 atom stereocenters. The number of sulfonamides is 1. The summed E-state index contributed by atoms with van der Waals surface area (Å²) in [5.41, 5.74) is 3.70. The number of methoxy groups -OCH3 is 1. The number of ether oxygens (including phenoxy) is 1. The van der Waals surface area contributed by atoms with Crippen molar-refractivity contribution in [3.05, 3.63) is 65.9 Å². The summed E-state index contributed by atoms with van der Waals surface area (Å²) in [6.45, 7) is -1.06. The van der Waals surface area contributed by atoms with Gasteiger partial charge in [-0.25, -0.2) is 31.7 Å². The maximum Gasteiger partial charge on any atom is 0.418 e. The van der Waals surface area contributed by atoms with Crippen molar-refractivity contribution in [2.75, 3.05) is 25.9 Å². The van der Waals surface area contributed by atoms with E-state index in [0.29, 0.717) is 0 Å². The van der Waals surface area contributed by atoms with Crippen LogP contribution in [0.4, 0.5) is 27.8 Å². The molecule has 1 aliphatic heterocycles. The van der Waals surface area contributed by atoms with Crippen LogP contribution in [-0.2, 0) is 16.2 Å². The molecule has 1 aliphatic rings. The summed E-state index contributed by atoms with van der Waals surface area (Å²) in [6, 6.07) is 4.85. The molecule has 5 rings (SSSR count). The average Bonchev–Trinajstić information content (AvgIpc) is 3.50. The second-order valence-electron chi connectivity index (χ2n) is 9.00. The molecule has 0 spiro atoms. The number of halogens is 5. The largest absolute Gasteiger partial charge is 0.480 e. The molecule has 17 heteroatoms. The number of nitrogens with two attached hydrogens (primary N) is 1. The fourth-order valence-corrected chi connectivity index (χ4v) is 6.00. The minimum atomic E-state index is -4.81. The van der Waals surface area contributed by atoms with Crippen molar-refractivity contribution >= 4 is 27.3 Å². The Balaban J connectivity index is 1.45. The number of nitrogen functional groups attached to an aromatic ring is 1. The summed E-state index contributed by atoms with van der Waals surface area (Å²) in [5, 5.41) is 6.25. The van der Waals surface area contributed by atoms with Gasteiger partial charge in [-0.15, -0.1) is 0 Å². The molecule has 0 saturated carbocycles. The van der Waals surface area contributed by atoms with E-state index in [2.05, 4.69) is 20.4 Å². The van der Waals surface area contributed by atoms with Gasteiger partial charge < -0.3 is 15.8 Å². The highest BCUT2D eigenvalue weighted by atomic mass is 32.2. The highest BCUT2D eigenvalue weighted by Gasteiger charge is 2.41. The Morgan fingerprint density at radius 3 is 2.61 bits per heavy atom. The van der Waals surface area contributed by atoms with Gasteiger partial charge >= 0.3 is 6.18 Å². The second-order valence-corrected chi connectivity index (χ2v) is 10.9. The number of hydrogen-bond donors (Lipinski definition) is 2. The van der Waals surface area contributed by atoms with Crippen LogP contribution in [0.2, 0.25) is 0 Å². The van der Waals surface area contributed by atoms with E-state index in [4.69, 9.17) is 10.5 Å². The maximum atomic E-state index is 14.9. The zero-order valence-corrected chi connectivity index (χ0v) is 21.7. The molecule has 3 aromatic heterocycles. The van der Waals surface area contributed by atoms with Gasteiger partial charge in [-0.2, -0.15) is 22.6 Å². The number of hydrogen-bond acceptors (Lipinski definition) is 8. The molecule has 1 saturated heterocycles. The number of nitrogens with one attached hydrogen (secondary N) is 1. The molecule has 11 nitrogen and oxygen atoms in total. The van der Waals surface area contributed by atoms with Crippen molar-refractivity contribution in [3.8, 4) is 17.1 Å². The number of anilines is 1. The monoisotopic (exact) mass is 597 g/mol. The van der Waals surface area contributed by atoms with Gasteiger partial charge in [0.15, 0.2) is 5.82 Å². The third-order valence-electron chi connectivity index (χ3n) is 6.44. The van der Waals surface area contributed by atoms with E-state index >= 15 is 0 Å². The molecule has 1 fully saturated rings. The fraction of sp³-hybridized carbons (Fsp3) is 0.250. The van der Waals surface area contributed by atoms with Crippen LogP contribution >= 0.6 is 0 Å². The summed E-state index contributed by atoms with van der Waals surface area (Å²) in [4.78, 5) is 20.5. The first-order chi connectivity index (χ1) is 19.3. The Morgan fingerprint density at radius 2 is 1.93 bits per heavy atom. The quantitative estimate of drug-likeness (QED) is 0.323. The van der Waals surface area contributed by atoms with E-state index in [1.54, 1.807) is 0 Å². The predicted octanol–water partition coefficient (Wildman–Crippen LogP) is 2.68. The Morgan fingerprint density at radius 1 is 1.17 bits per heavy atom. The van der Waals surface area contributed by atoms with Crippen molar-refractivity contribution in [2.24, 2.45) is 0 Å². The zero-order valence-electron chi connectivity index (χ0n) is 20.9. The molecular weight excluding hydrogens is 577 g/mol. The van der Waals surface area contributed by atoms with Crippen LogP contribution in [-0.4, -0.2) is 70.6 Å². The van der Waals surface area contributed by atoms with E-state index in [0.717, 1.165) is 45.6 Å². The molecular formula is C24H20F5N7O4S. The predicted molar refractivity (Wildman–Crippen MR) is 133 cm³/mol. The van der Waals surface area contributed by atoms with E-state index in [9.17, 15) is 35.2 Å². The normalized spacial score (nSPS) is 18.1. The highest BCUT2D eigenvalue weighted by Crippen LogP contribution is 2.39. The zero-order chi connectivity index (χ0) is 29.7. The summed E-state index contributed by atoms with van der Waals surface area (Å²) in [6.07, 6.45) is -4.52. The fourth-order valence-electron chi connectivity index (χ4n) is 4.49. The molecule has 0 unspecified atom stereocenters. The van der Waals surface area contributed by atoms with Crippen LogP contribution in [0.1, 0.15) is 15.9 Å². The number of pyridine rings is 1. The minimum absolute atomic E-state index is 0.0121. The van der Waals surface area contributed by atoms with Gasteiger partial charge in [0.25, 0.3) is 5.91 Å². The average molecular weight is 598 g/mol. The Labute approximate surface area is 228 Å². The first kappa shape index (κ1) is 28.2.